The van der Waals surface area contributed by atoms with Crippen LogP contribution in [0.25, 0.3) is 11.1 Å². The minimum absolute atomic E-state index is 0.277. The van der Waals surface area contributed by atoms with Crippen LogP contribution in [0.5, 0.6) is 17.2 Å². The average Bonchev–Trinajstić information content (AvgIpc) is 3.09. The first kappa shape index (κ1) is 42.8. The van der Waals surface area contributed by atoms with Crippen molar-refractivity contribution in [1.29, 1.82) is 0 Å². The zero-order valence-corrected chi connectivity index (χ0v) is 31.5. The molecule has 0 unspecified atom stereocenters. The molecule has 0 bridgehead atoms. The molecule has 0 radical (unpaired) electrons. The van der Waals surface area contributed by atoms with E-state index in [1.54, 1.807) is 0 Å². The molecule has 2 aromatic rings. The topological polar surface area (TPSA) is 27.7 Å². The van der Waals surface area contributed by atoms with Crippen LogP contribution in [0.2, 0.25) is 0 Å². The molecule has 0 amide bonds. The largest absolute Gasteiger partial charge is 0.493 e. The summed E-state index contributed by atoms with van der Waals surface area (Å²) < 4.78 is 62.2. The third kappa shape index (κ3) is 18.4. The highest BCUT2D eigenvalue weighted by Crippen LogP contribution is 2.43. The summed E-state index contributed by atoms with van der Waals surface area (Å²) in [6.45, 7) is 7.04. The second-order valence-electron chi connectivity index (χ2n) is 13.8. The van der Waals surface area contributed by atoms with Crippen LogP contribution in [0, 0.1) is 11.6 Å². The Morgan fingerprint density at radius 1 is 0.429 bits per heavy atom. The molecule has 0 saturated carbocycles. The van der Waals surface area contributed by atoms with Crippen molar-refractivity contribution in [1.82, 2.24) is 0 Å². The van der Waals surface area contributed by atoms with E-state index in [4.69, 9.17) is 14.2 Å². The number of benzene rings is 2. The molecule has 49 heavy (non-hydrogen) atoms. The lowest BCUT2D eigenvalue weighted by atomic mass is 10.0. The van der Waals surface area contributed by atoms with Crippen LogP contribution < -0.4 is 14.2 Å². The van der Waals surface area contributed by atoms with E-state index < -0.39 is 23.9 Å². The maximum atomic E-state index is 14.9. The van der Waals surface area contributed by atoms with Gasteiger partial charge in [-0.2, -0.15) is 0 Å². The minimum atomic E-state index is -1.20. The molecule has 0 saturated heterocycles. The van der Waals surface area contributed by atoms with E-state index in [1.165, 1.54) is 115 Å². The van der Waals surface area contributed by atoms with Crippen LogP contribution in [0.4, 0.5) is 13.2 Å². The molecule has 0 fully saturated rings. The van der Waals surface area contributed by atoms with Gasteiger partial charge in [0.2, 0.25) is 0 Å². The van der Waals surface area contributed by atoms with Gasteiger partial charge in [-0.25, -0.2) is 13.2 Å². The van der Waals surface area contributed by atoms with Gasteiger partial charge in [-0.3, -0.25) is 0 Å². The molecule has 0 N–H and O–H groups in total. The van der Waals surface area contributed by atoms with E-state index in [9.17, 15) is 13.2 Å². The summed E-state index contributed by atoms with van der Waals surface area (Å²) in [6, 6.07) is 6.04. The van der Waals surface area contributed by atoms with E-state index in [1.807, 2.05) is 12.1 Å². The van der Waals surface area contributed by atoms with Gasteiger partial charge in [0, 0.05) is 12.1 Å². The lowest BCUT2D eigenvalue weighted by Crippen LogP contribution is -2.06. The second kappa shape index (κ2) is 28.3. The van der Waals surface area contributed by atoms with Crippen LogP contribution in [-0.2, 0) is 6.67 Å². The SMILES string of the molecule is CCCCCCCCCCOc1cc(OCCCCCCCCCC)c(-c2cc(F)c(CF)c(F)c2)c(OCCCCCCCCCC)c1. The highest BCUT2D eigenvalue weighted by Gasteiger charge is 2.21. The van der Waals surface area contributed by atoms with Gasteiger partial charge in [-0.15, -0.1) is 0 Å². The predicted molar refractivity (Wildman–Crippen MR) is 201 cm³/mol. The first-order chi connectivity index (χ1) is 24.0. The molecule has 2 aromatic carbocycles. The normalized spacial score (nSPS) is 11.3. The molecular formula is C43H69F3O3. The van der Waals surface area contributed by atoms with Gasteiger partial charge >= 0.3 is 0 Å². The van der Waals surface area contributed by atoms with Gasteiger partial charge in [0.25, 0.3) is 0 Å². The zero-order chi connectivity index (χ0) is 35.4. The standard InChI is InChI=1S/C43H69F3O3/c1-4-7-10-13-16-19-22-25-28-47-37-33-41(48-29-26-23-20-17-14-11-8-5-2)43(36-31-39(45)38(35-44)40(46)32-36)42(34-37)49-30-27-24-21-18-15-12-9-6-3/h31-34H,4-30,35H2,1-3H3. The summed E-state index contributed by atoms with van der Waals surface area (Å²) in [5.41, 5.74) is 0.206. The van der Waals surface area contributed by atoms with E-state index in [-0.39, 0.29) is 5.56 Å². The Balaban J connectivity index is 2.19. The average molecular weight is 691 g/mol. The van der Waals surface area contributed by atoms with Gasteiger partial charge in [0.05, 0.1) is 30.9 Å². The Bertz CT molecular complexity index is 1040. The Morgan fingerprint density at radius 3 is 1.10 bits per heavy atom. The van der Waals surface area contributed by atoms with Crippen molar-refractivity contribution >= 4 is 0 Å². The van der Waals surface area contributed by atoms with Crippen LogP contribution in [-0.4, -0.2) is 19.8 Å². The molecule has 3 nitrogen and oxygen atoms in total. The molecule has 0 aliphatic heterocycles. The Kier molecular flexibility index (Phi) is 24.8. The fourth-order valence-corrected chi connectivity index (χ4v) is 6.30. The molecular weight excluding hydrogens is 621 g/mol. The van der Waals surface area contributed by atoms with E-state index in [0.29, 0.717) is 42.6 Å². The summed E-state index contributed by atoms with van der Waals surface area (Å²) >= 11 is 0. The lowest BCUT2D eigenvalue weighted by molar-refractivity contribution is 0.277. The maximum Gasteiger partial charge on any atom is 0.134 e. The molecule has 6 heteroatoms. The highest BCUT2D eigenvalue weighted by atomic mass is 19.1. The molecule has 0 spiro atoms. The quantitative estimate of drug-likeness (QED) is 0.0715. The third-order valence-corrected chi connectivity index (χ3v) is 9.38. The number of hydrogen-bond acceptors (Lipinski definition) is 3. The number of unbranched alkanes of at least 4 members (excludes halogenated alkanes) is 21. The van der Waals surface area contributed by atoms with Crippen molar-refractivity contribution in [3.8, 4) is 28.4 Å². The van der Waals surface area contributed by atoms with E-state index >= 15 is 0 Å². The molecule has 2 rings (SSSR count). The van der Waals surface area contributed by atoms with E-state index in [0.717, 1.165) is 51.4 Å². The summed E-state index contributed by atoms with van der Waals surface area (Å²) in [7, 11) is 0. The minimum Gasteiger partial charge on any atom is -0.493 e. The Hall–Kier alpha value is -2.37. The molecule has 0 aromatic heterocycles. The van der Waals surface area contributed by atoms with Crippen LogP contribution in [0.15, 0.2) is 24.3 Å². The Morgan fingerprint density at radius 2 is 0.755 bits per heavy atom. The summed E-state index contributed by atoms with van der Waals surface area (Å²) in [5, 5.41) is 0. The van der Waals surface area contributed by atoms with Crippen molar-refractivity contribution in [2.45, 2.75) is 182 Å². The van der Waals surface area contributed by atoms with Crippen molar-refractivity contribution in [2.24, 2.45) is 0 Å². The first-order valence-corrected chi connectivity index (χ1v) is 20.2. The van der Waals surface area contributed by atoms with Gasteiger partial charge in [-0.05, 0) is 37.0 Å². The second-order valence-corrected chi connectivity index (χ2v) is 13.8. The van der Waals surface area contributed by atoms with Gasteiger partial charge in [0.15, 0.2) is 0 Å². The molecule has 0 heterocycles. The maximum absolute atomic E-state index is 14.9. The number of ether oxygens (including phenoxy) is 3. The zero-order valence-electron chi connectivity index (χ0n) is 31.5. The molecule has 0 aliphatic carbocycles. The molecule has 0 atom stereocenters. The Labute approximate surface area is 298 Å². The highest BCUT2D eigenvalue weighted by molar-refractivity contribution is 5.78. The summed E-state index contributed by atoms with van der Waals surface area (Å²) in [4.78, 5) is 0. The fourth-order valence-electron chi connectivity index (χ4n) is 6.30. The fraction of sp³-hybridized carbons (Fsp3) is 0.721. The predicted octanol–water partition coefficient (Wildman–Crippen LogP) is 14.7. The molecule has 0 aliphatic rings. The van der Waals surface area contributed by atoms with Crippen LogP contribution in [0.3, 0.4) is 0 Å². The number of rotatable bonds is 32. The van der Waals surface area contributed by atoms with Crippen molar-refractivity contribution in [3.63, 3.8) is 0 Å². The lowest BCUT2D eigenvalue weighted by Gasteiger charge is -2.20. The van der Waals surface area contributed by atoms with Crippen molar-refractivity contribution < 1.29 is 27.4 Å². The van der Waals surface area contributed by atoms with Gasteiger partial charge in [0.1, 0.15) is 35.6 Å². The third-order valence-electron chi connectivity index (χ3n) is 9.38. The number of alkyl halides is 1. The van der Waals surface area contributed by atoms with Crippen LogP contribution in [0.1, 0.15) is 180 Å². The first-order valence-electron chi connectivity index (χ1n) is 20.2. The molecule has 280 valence electrons. The number of halogens is 3. The van der Waals surface area contributed by atoms with Gasteiger partial charge < -0.3 is 14.2 Å². The monoisotopic (exact) mass is 691 g/mol. The van der Waals surface area contributed by atoms with Crippen molar-refractivity contribution in [3.05, 3.63) is 41.5 Å². The van der Waals surface area contributed by atoms with E-state index in [2.05, 4.69) is 20.8 Å². The van der Waals surface area contributed by atoms with Crippen molar-refractivity contribution in [2.75, 3.05) is 19.8 Å². The van der Waals surface area contributed by atoms with Crippen LogP contribution >= 0.6 is 0 Å². The summed E-state index contributed by atoms with van der Waals surface area (Å²) in [5.74, 6) is -0.223. The number of hydrogen-bond donors (Lipinski definition) is 0. The smallest absolute Gasteiger partial charge is 0.134 e. The summed E-state index contributed by atoms with van der Waals surface area (Å²) in [6.07, 6.45) is 28.6. The van der Waals surface area contributed by atoms with Gasteiger partial charge in [-0.1, -0.05) is 156 Å².